The van der Waals surface area contributed by atoms with E-state index >= 15 is 0 Å². The van der Waals surface area contributed by atoms with Crippen molar-refractivity contribution in [3.63, 3.8) is 0 Å². The Balaban J connectivity index is 1.98. The SMILES string of the molecule is CCC1CCCC(Oc2ccc(CN)c(C)n2)C1. The number of hydrogen-bond acceptors (Lipinski definition) is 3. The van der Waals surface area contributed by atoms with Crippen molar-refractivity contribution in [2.75, 3.05) is 0 Å². The van der Waals surface area contributed by atoms with E-state index in [1.807, 2.05) is 19.1 Å². The summed E-state index contributed by atoms with van der Waals surface area (Å²) in [4.78, 5) is 4.49. The second-order valence-electron chi connectivity index (χ2n) is 5.28. The number of ether oxygens (including phenoxy) is 1. The predicted octanol–water partition coefficient (Wildman–Crippen LogP) is 3.20. The molecule has 1 aliphatic carbocycles. The van der Waals surface area contributed by atoms with Crippen molar-refractivity contribution in [2.24, 2.45) is 11.7 Å². The smallest absolute Gasteiger partial charge is 0.213 e. The average molecular weight is 248 g/mol. The van der Waals surface area contributed by atoms with Gasteiger partial charge in [-0.2, -0.15) is 0 Å². The van der Waals surface area contributed by atoms with E-state index in [1.165, 1.54) is 25.7 Å². The van der Waals surface area contributed by atoms with Gasteiger partial charge < -0.3 is 10.5 Å². The first-order valence-corrected chi connectivity index (χ1v) is 7.06. The fraction of sp³-hybridized carbons (Fsp3) is 0.667. The van der Waals surface area contributed by atoms with Crippen molar-refractivity contribution in [3.8, 4) is 5.88 Å². The Morgan fingerprint density at radius 2 is 2.22 bits per heavy atom. The molecule has 1 aliphatic rings. The molecule has 1 saturated carbocycles. The summed E-state index contributed by atoms with van der Waals surface area (Å²) in [5, 5.41) is 0. The van der Waals surface area contributed by atoms with Gasteiger partial charge in [0.25, 0.3) is 0 Å². The molecule has 3 heteroatoms. The van der Waals surface area contributed by atoms with E-state index < -0.39 is 0 Å². The molecule has 0 spiro atoms. The first-order chi connectivity index (χ1) is 8.72. The number of nitrogens with zero attached hydrogens (tertiary/aromatic N) is 1. The van der Waals surface area contributed by atoms with Crippen molar-refractivity contribution in [1.82, 2.24) is 4.98 Å². The highest BCUT2D eigenvalue weighted by Crippen LogP contribution is 2.29. The van der Waals surface area contributed by atoms with E-state index in [0.29, 0.717) is 12.6 Å². The van der Waals surface area contributed by atoms with Gasteiger partial charge in [0.15, 0.2) is 0 Å². The summed E-state index contributed by atoms with van der Waals surface area (Å²) in [6.07, 6.45) is 6.58. The fourth-order valence-corrected chi connectivity index (χ4v) is 2.74. The third kappa shape index (κ3) is 3.22. The van der Waals surface area contributed by atoms with Crippen LogP contribution < -0.4 is 10.5 Å². The molecule has 1 fully saturated rings. The maximum absolute atomic E-state index is 6.02. The summed E-state index contributed by atoms with van der Waals surface area (Å²) in [5.74, 6) is 1.58. The lowest BCUT2D eigenvalue weighted by molar-refractivity contribution is 0.117. The monoisotopic (exact) mass is 248 g/mol. The summed E-state index contributed by atoms with van der Waals surface area (Å²) in [6, 6.07) is 3.97. The van der Waals surface area contributed by atoms with Gasteiger partial charge in [-0.3, -0.25) is 0 Å². The standard InChI is InChI=1S/C15H24N2O/c1-3-12-5-4-6-14(9-12)18-15-8-7-13(10-16)11(2)17-15/h7-8,12,14H,3-6,9-10,16H2,1-2H3. The van der Waals surface area contributed by atoms with Gasteiger partial charge in [-0.1, -0.05) is 25.8 Å². The lowest BCUT2D eigenvalue weighted by atomic mass is 9.85. The average Bonchev–Trinajstić information content (AvgIpc) is 2.39. The van der Waals surface area contributed by atoms with Crippen LogP contribution in [0.5, 0.6) is 5.88 Å². The van der Waals surface area contributed by atoms with Crippen molar-refractivity contribution < 1.29 is 4.74 Å². The molecule has 0 saturated heterocycles. The Morgan fingerprint density at radius 1 is 1.39 bits per heavy atom. The summed E-state index contributed by atoms with van der Waals surface area (Å²) in [7, 11) is 0. The number of aromatic nitrogens is 1. The van der Waals surface area contributed by atoms with E-state index in [0.717, 1.165) is 29.5 Å². The Labute approximate surface area is 110 Å². The third-order valence-electron chi connectivity index (χ3n) is 3.99. The zero-order valence-electron chi connectivity index (χ0n) is 11.5. The zero-order chi connectivity index (χ0) is 13.0. The first kappa shape index (κ1) is 13.3. The van der Waals surface area contributed by atoms with E-state index in [2.05, 4.69) is 11.9 Å². The van der Waals surface area contributed by atoms with Crippen LogP contribution in [0, 0.1) is 12.8 Å². The van der Waals surface area contributed by atoms with E-state index in [9.17, 15) is 0 Å². The van der Waals surface area contributed by atoms with E-state index in [-0.39, 0.29) is 0 Å². The molecule has 0 bridgehead atoms. The molecule has 2 unspecified atom stereocenters. The first-order valence-electron chi connectivity index (χ1n) is 7.06. The van der Waals surface area contributed by atoms with Crippen LogP contribution in [0.1, 0.15) is 50.3 Å². The molecule has 0 amide bonds. The molecular weight excluding hydrogens is 224 g/mol. The molecule has 18 heavy (non-hydrogen) atoms. The van der Waals surface area contributed by atoms with Crippen molar-refractivity contribution >= 4 is 0 Å². The summed E-state index contributed by atoms with van der Waals surface area (Å²) in [6.45, 7) is 4.80. The number of hydrogen-bond donors (Lipinski definition) is 1. The second-order valence-corrected chi connectivity index (χ2v) is 5.28. The minimum Gasteiger partial charge on any atom is -0.474 e. The molecule has 1 heterocycles. The zero-order valence-corrected chi connectivity index (χ0v) is 11.5. The molecule has 100 valence electrons. The Bertz CT molecular complexity index is 392. The van der Waals surface area contributed by atoms with Crippen LogP contribution in [0.4, 0.5) is 0 Å². The number of nitrogens with two attached hydrogens (primary N) is 1. The lowest BCUT2D eigenvalue weighted by Crippen LogP contribution is -2.25. The van der Waals surface area contributed by atoms with Crippen LogP contribution in [0.2, 0.25) is 0 Å². The van der Waals surface area contributed by atoms with Crippen molar-refractivity contribution in [1.29, 1.82) is 0 Å². The molecule has 0 aliphatic heterocycles. The Kier molecular flexibility index (Phi) is 4.59. The number of pyridine rings is 1. The largest absolute Gasteiger partial charge is 0.474 e. The quantitative estimate of drug-likeness (QED) is 0.890. The molecule has 0 aromatic carbocycles. The summed E-state index contributed by atoms with van der Waals surface area (Å²) >= 11 is 0. The van der Waals surface area contributed by atoms with Crippen LogP contribution in [-0.4, -0.2) is 11.1 Å². The minimum absolute atomic E-state index is 0.347. The van der Waals surface area contributed by atoms with Gasteiger partial charge in [-0.05, 0) is 37.7 Å². The van der Waals surface area contributed by atoms with Gasteiger partial charge in [0.05, 0.1) is 0 Å². The number of rotatable bonds is 4. The number of aryl methyl sites for hydroxylation is 1. The lowest BCUT2D eigenvalue weighted by Gasteiger charge is -2.28. The van der Waals surface area contributed by atoms with Crippen LogP contribution >= 0.6 is 0 Å². The predicted molar refractivity (Wildman–Crippen MR) is 73.5 cm³/mol. The maximum atomic E-state index is 6.02. The van der Waals surface area contributed by atoms with E-state index in [4.69, 9.17) is 10.5 Å². The van der Waals surface area contributed by atoms with Crippen molar-refractivity contribution in [2.45, 2.75) is 58.6 Å². The van der Waals surface area contributed by atoms with Gasteiger partial charge in [-0.25, -0.2) is 4.98 Å². The van der Waals surface area contributed by atoms with E-state index in [1.54, 1.807) is 0 Å². The van der Waals surface area contributed by atoms with Gasteiger partial charge in [0.2, 0.25) is 5.88 Å². The second kappa shape index (κ2) is 6.19. The highest BCUT2D eigenvalue weighted by Gasteiger charge is 2.22. The molecule has 3 nitrogen and oxygen atoms in total. The topological polar surface area (TPSA) is 48.1 Å². The van der Waals surface area contributed by atoms with Crippen LogP contribution in [0.3, 0.4) is 0 Å². The molecule has 2 rings (SSSR count). The Hall–Kier alpha value is -1.09. The third-order valence-corrected chi connectivity index (χ3v) is 3.99. The van der Waals surface area contributed by atoms with Gasteiger partial charge in [0.1, 0.15) is 6.10 Å². The van der Waals surface area contributed by atoms with Gasteiger partial charge in [-0.15, -0.1) is 0 Å². The summed E-state index contributed by atoms with van der Waals surface area (Å²) in [5.41, 5.74) is 7.72. The molecule has 2 N–H and O–H groups in total. The van der Waals surface area contributed by atoms with Crippen molar-refractivity contribution in [3.05, 3.63) is 23.4 Å². The molecule has 1 aromatic heterocycles. The summed E-state index contributed by atoms with van der Waals surface area (Å²) < 4.78 is 6.02. The van der Waals surface area contributed by atoms with Gasteiger partial charge in [0, 0.05) is 18.3 Å². The highest BCUT2D eigenvalue weighted by molar-refractivity contribution is 5.24. The van der Waals surface area contributed by atoms with Crippen LogP contribution in [0.15, 0.2) is 12.1 Å². The van der Waals surface area contributed by atoms with Crippen LogP contribution in [-0.2, 0) is 6.54 Å². The molecular formula is C15H24N2O. The fourth-order valence-electron chi connectivity index (χ4n) is 2.74. The molecule has 1 aromatic rings. The Morgan fingerprint density at radius 3 is 2.89 bits per heavy atom. The molecule has 2 atom stereocenters. The molecule has 0 radical (unpaired) electrons. The minimum atomic E-state index is 0.347. The maximum Gasteiger partial charge on any atom is 0.213 e. The normalized spacial score (nSPS) is 23.9. The van der Waals surface area contributed by atoms with Gasteiger partial charge >= 0.3 is 0 Å². The highest BCUT2D eigenvalue weighted by atomic mass is 16.5. The van der Waals surface area contributed by atoms with Crippen LogP contribution in [0.25, 0.3) is 0 Å².